The molecule has 106 valence electrons. The molecule has 1 N–H and O–H groups in total. The summed E-state index contributed by atoms with van der Waals surface area (Å²) >= 11 is 3.35. The summed E-state index contributed by atoms with van der Waals surface area (Å²) in [6.07, 6.45) is 0. The summed E-state index contributed by atoms with van der Waals surface area (Å²) in [5, 5.41) is 8.96. The Morgan fingerprint density at radius 1 is 1.32 bits per heavy atom. The van der Waals surface area contributed by atoms with Crippen LogP contribution in [0.1, 0.15) is 17.3 Å². The minimum atomic E-state index is -0.166. The highest BCUT2D eigenvalue weighted by Crippen LogP contribution is 2.35. The second-order valence-corrected chi connectivity index (χ2v) is 4.60. The van der Waals surface area contributed by atoms with Gasteiger partial charge in [0, 0.05) is 18.7 Å². The van der Waals surface area contributed by atoms with E-state index in [4.69, 9.17) is 14.6 Å². The number of benzene rings is 1. The van der Waals surface area contributed by atoms with Crippen LogP contribution in [-0.4, -0.2) is 49.8 Å². The van der Waals surface area contributed by atoms with Crippen molar-refractivity contribution in [2.75, 3.05) is 33.9 Å². The van der Waals surface area contributed by atoms with Crippen LogP contribution in [0.5, 0.6) is 11.5 Å². The van der Waals surface area contributed by atoms with Crippen LogP contribution in [-0.2, 0) is 0 Å². The smallest absolute Gasteiger partial charge is 0.254 e. The molecule has 0 aliphatic carbocycles. The van der Waals surface area contributed by atoms with Crippen LogP contribution in [0.15, 0.2) is 16.6 Å². The number of hydrogen-bond donors (Lipinski definition) is 1. The van der Waals surface area contributed by atoms with Gasteiger partial charge in [0.15, 0.2) is 0 Å². The molecule has 0 unspecified atom stereocenters. The molecule has 0 radical (unpaired) electrons. The van der Waals surface area contributed by atoms with Gasteiger partial charge in [-0.15, -0.1) is 0 Å². The first-order chi connectivity index (χ1) is 9.08. The Labute approximate surface area is 121 Å². The second-order valence-electron chi connectivity index (χ2n) is 3.80. The van der Waals surface area contributed by atoms with Crippen molar-refractivity contribution in [1.29, 1.82) is 0 Å². The van der Waals surface area contributed by atoms with Crippen LogP contribution in [0, 0.1) is 0 Å². The van der Waals surface area contributed by atoms with E-state index < -0.39 is 0 Å². The molecule has 0 saturated carbocycles. The van der Waals surface area contributed by atoms with Gasteiger partial charge in [0.05, 0.1) is 20.8 Å². The summed E-state index contributed by atoms with van der Waals surface area (Å²) < 4.78 is 11.1. The van der Waals surface area contributed by atoms with E-state index in [0.717, 1.165) is 0 Å². The van der Waals surface area contributed by atoms with Gasteiger partial charge < -0.3 is 19.5 Å². The van der Waals surface area contributed by atoms with Gasteiger partial charge in [-0.3, -0.25) is 4.79 Å². The van der Waals surface area contributed by atoms with Crippen molar-refractivity contribution in [3.8, 4) is 11.5 Å². The van der Waals surface area contributed by atoms with Crippen molar-refractivity contribution in [2.45, 2.75) is 6.92 Å². The van der Waals surface area contributed by atoms with Gasteiger partial charge in [0.2, 0.25) is 0 Å². The van der Waals surface area contributed by atoms with Gasteiger partial charge in [0.25, 0.3) is 5.91 Å². The van der Waals surface area contributed by atoms with E-state index in [9.17, 15) is 4.79 Å². The second kappa shape index (κ2) is 7.35. The number of carbonyl (C=O) groups is 1. The van der Waals surface area contributed by atoms with Crippen LogP contribution >= 0.6 is 15.9 Å². The topological polar surface area (TPSA) is 59.0 Å². The van der Waals surface area contributed by atoms with Gasteiger partial charge in [-0.05, 0) is 35.0 Å². The summed E-state index contributed by atoms with van der Waals surface area (Å²) in [7, 11) is 3.05. The quantitative estimate of drug-likeness (QED) is 0.865. The largest absolute Gasteiger partial charge is 0.495 e. The molecule has 0 aromatic heterocycles. The molecule has 1 rings (SSSR count). The number of methoxy groups -OCH3 is 2. The van der Waals surface area contributed by atoms with Crippen molar-refractivity contribution in [3.05, 3.63) is 22.2 Å². The molecule has 0 spiro atoms. The average molecular weight is 332 g/mol. The maximum Gasteiger partial charge on any atom is 0.254 e. The van der Waals surface area contributed by atoms with Gasteiger partial charge >= 0.3 is 0 Å². The van der Waals surface area contributed by atoms with Crippen LogP contribution in [0.2, 0.25) is 0 Å². The molecule has 0 bridgehead atoms. The molecular weight excluding hydrogens is 314 g/mol. The molecule has 0 atom stereocenters. The number of rotatable bonds is 6. The number of hydrogen-bond acceptors (Lipinski definition) is 4. The number of ether oxygens (including phenoxy) is 2. The zero-order valence-electron chi connectivity index (χ0n) is 11.3. The average Bonchev–Trinajstić information content (AvgIpc) is 2.44. The molecule has 0 fully saturated rings. The van der Waals surface area contributed by atoms with Crippen LogP contribution < -0.4 is 9.47 Å². The first kappa shape index (κ1) is 15.8. The van der Waals surface area contributed by atoms with E-state index in [-0.39, 0.29) is 12.5 Å². The summed E-state index contributed by atoms with van der Waals surface area (Å²) in [5.74, 6) is 0.895. The van der Waals surface area contributed by atoms with E-state index in [1.165, 1.54) is 14.2 Å². The fourth-order valence-corrected chi connectivity index (χ4v) is 2.25. The van der Waals surface area contributed by atoms with Crippen LogP contribution in [0.3, 0.4) is 0 Å². The highest BCUT2D eigenvalue weighted by Gasteiger charge is 2.18. The van der Waals surface area contributed by atoms with E-state index in [2.05, 4.69) is 15.9 Å². The lowest BCUT2D eigenvalue weighted by Gasteiger charge is -2.20. The van der Waals surface area contributed by atoms with Crippen molar-refractivity contribution < 1.29 is 19.4 Å². The zero-order chi connectivity index (χ0) is 14.4. The Bertz CT molecular complexity index is 425. The monoisotopic (exact) mass is 331 g/mol. The van der Waals surface area contributed by atoms with Gasteiger partial charge in [-0.1, -0.05) is 0 Å². The first-order valence-electron chi connectivity index (χ1n) is 5.90. The van der Waals surface area contributed by atoms with E-state index in [1.807, 2.05) is 6.92 Å². The van der Waals surface area contributed by atoms with Crippen LogP contribution in [0.25, 0.3) is 0 Å². The minimum Gasteiger partial charge on any atom is -0.495 e. The van der Waals surface area contributed by atoms with Crippen molar-refractivity contribution in [1.82, 2.24) is 4.90 Å². The predicted molar refractivity (Wildman–Crippen MR) is 75.9 cm³/mol. The Morgan fingerprint density at radius 3 is 2.21 bits per heavy atom. The standard InChI is InChI=1S/C13H18BrNO4/c1-4-15(5-6-16)13(17)9-7-10(18-2)12(14)11(8-9)19-3/h7-8,16H,4-6H2,1-3H3. The normalized spacial score (nSPS) is 10.2. The summed E-state index contributed by atoms with van der Waals surface area (Å²) in [6.45, 7) is 2.63. The maximum absolute atomic E-state index is 12.3. The molecule has 1 amide bonds. The predicted octanol–water partition coefficient (Wildman–Crippen LogP) is 1.92. The Morgan fingerprint density at radius 2 is 1.84 bits per heavy atom. The molecule has 1 aromatic carbocycles. The van der Waals surface area contributed by atoms with Crippen molar-refractivity contribution in [2.24, 2.45) is 0 Å². The van der Waals surface area contributed by atoms with Crippen molar-refractivity contribution in [3.63, 3.8) is 0 Å². The fourth-order valence-electron chi connectivity index (χ4n) is 1.70. The summed E-state index contributed by atoms with van der Waals surface area (Å²) in [4.78, 5) is 13.9. The van der Waals surface area contributed by atoms with Gasteiger partial charge in [-0.2, -0.15) is 0 Å². The number of aliphatic hydroxyl groups excluding tert-OH is 1. The number of aliphatic hydroxyl groups is 1. The van der Waals surface area contributed by atoms with Gasteiger partial charge in [0.1, 0.15) is 16.0 Å². The molecule has 19 heavy (non-hydrogen) atoms. The van der Waals surface area contributed by atoms with Crippen molar-refractivity contribution >= 4 is 21.8 Å². The minimum absolute atomic E-state index is 0.0651. The number of likely N-dealkylation sites (N-methyl/N-ethyl adjacent to an activating group) is 1. The SMILES string of the molecule is CCN(CCO)C(=O)c1cc(OC)c(Br)c(OC)c1. The molecule has 5 nitrogen and oxygen atoms in total. The Kier molecular flexibility index (Phi) is 6.11. The molecule has 1 aromatic rings. The number of amides is 1. The number of nitrogens with zero attached hydrogens (tertiary/aromatic N) is 1. The Balaban J connectivity index is 3.15. The highest BCUT2D eigenvalue weighted by molar-refractivity contribution is 9.10. The first-order valence-corrected chi connectivity index (χ1v) is 6.69. The Hall–Kier alpha value is -1.27. The lowest BCUT2D eigenvalue weighted by molar-refractivity contribution is 0.0731. The number of carbonyl (C=O) groups excluding carboxylic acids is 1. The summed E-state index contributed by atoms with van der Waals surface area (Å²) in [5.41, 5.74) is 0.465. The third-order valence-electron chi connectivity index (χ3n) is 2.73. The highest BCUT2D eigenvalue weighted by atomic mass is 79.9. The van der Waals surface area contributed by atoms with Crippen LogP contribution in [0.4, 0.5) is 0 Å². The summed E-state index contributed by atoms with van der Waals surface area (Å²) in [6, 6.07) is 3.30. The number of halogens is 1. The molecule has 6 heteroatoms. The van der Waals surface area contributed by atoms with E-state index in [1.54, 1.807) is 17.0 Å². The van der Waals surface area contributed by atoms with E-state index in [0.29, 0.717) is 34.6 Å². The maximum atomic E-state index is 12.3. The van der Waals surface area contributed by atoms with E-state index >= 15 is 0 Å². The lowest BCUT2D eigenvalue weighted by atomic mass is 10.1. The fraction of sp³-hybridized carbons (Fsp3) is 0.462. The molecule has 0 aliphatic heterocycles. The third kappa shape index (κ3) is 3.61. The zero-order valence-corrected chi connectivity index (χ0v) is 12.9. The third-order valence-corrected chi connectivity index (χ3v) is 3.51. The molecule has 0 saturated heterocycles. The molecular formula is C13H18BrNO4. The molecule has 0 heterocycles. The molecule has 0 aliphatic rings. The lowest BCUT2D eigenvalue weighted by Crippen LogP contribution is -2.33. The van der Waals surface area contributed by atoms with Gasteiger partial charge in [-0.25, -0.2) is 0 Å².